The number of rotatable bonds is 1. The van der Waals surface area contributed by atoms with Crippen LogP contribution in [0, 0.1) is 0 Å². The Labute approximate surface area is 113 Å². The second-order valence-corrected chi connectivity index (χ2v) is 5.27. The number of hydrogen-bond donors (Lipinski definition) is 1. The van der Waals surface area contributed by atoms with E-state index in [1.807, 2.05) is 4.90 Å². The fourth-order valence-electron chi connectivity index (χ4n) is 2.79. The van der Waals surface area contributed by atoms with Gasteiger partial charge in [0.25, 0.3) is 0 Å². The van der Waals surface area contributed by atoms with Crippen molar-refractivity contribution in [1.29, 1.82) is 0 Å². The first-order chi connectivity index (χ1) is 9.33. The van der Waals surface area contributed by atoms with Crippen molar-refractivity contribution >= 4 is 6.03 Å². The molecule has 2 amide bonds. The predicted octanol–water partition coefficient (Wildman–Crippen LogP) is 1.59. The lowest BCUT2D eigenvalue weighted by Gasteiger charge is -2.22. The maximum Gasteiger partial charge on any atom is 0.317 e. The van der Waals surface area contributed by atoms with Crippen molar-refractivity contribution in [1.82, 2.24) is 10.2 Å². The molecule has 0 saturated carbocycles. The van der Waals surface area contributed by atoms with E-state index >= 15 is 0 Å². The van der Waals surface area contributed by atoms with Gasteiger partial charge >= 0.3 is 6.03 Å². The number of carbonyl (C=O) groups excluding carboxylic acids is 1. The summed E-state index contributed by atoms with van der Waals surface area (Å²) in [6.07, 6.45) is 2.83. The molecule has 0 bridgehead atoms. The fraction of sp³-hybridized carbons (Fsp3) is 0.533. The highest BCUT2D eigenvalue weighted by Gasteiger charge is 2.22. The normalized spacial score (nSPS) is 22.7. The molecule has 1 N–H and O–H groups in total. The van der Waals surface area contributed by atoms with Crippen molar-refractivity contribution in [2.24, 2.45) is 0 Å². The molecule has 1 atom stereocenters. The molecule has 0 aliphatic carbocycles. The molecule has 0 aromatic heterocycles. The molecular weight excluding hydrogens is 240 g/mol. The first-order valence-electron chi connectivity index (χ1n) is 7.03. The SMILES string of the molecule is O=C(NC1CCOC1)N1CCc2ccccc2CC1. The average Bonchev–Trinajstić information content (AvgIpc) is 2.83. The van der Waals surface area contributed by atoms with E-state index in [1.165, 1.54) is 11.1 Å². The molecular formula is C15H20N2O2. The minimum Gasteiger partial charge on any atom is -0.379 e. The van der Waals surface area contributed by atoms with E-state index in [0.29, 0.717) is 6.61 Å². The summed E-state index contributed by atoms with van der Waals surface area (Å²) in [5, 5.41) is 3.07. The number of urea groups is 1. The zero-order valence-electron chi connectivity index (χ0n) is 11.1. The van der Waals surface area contributed by atoms with Gasteiger partial charge in [-0.15, -0.1) is 0 Å². The van der Waals surface area contributed by atoms with Gasteiger partial charge in [0, 0.05) is 19.7 Å². The number of ether oxygens (including phenoxy) is 1. The van der Waals surface area contributed by atoms with Crippen molar-refractivity contribution in [3.8, 4) is 0 Å². The van der Waals surface area contributed by atoms with Crippen LogP contribution in [0.15, 0.2) is 24.3 Å². The van der Waals surface area contributed by atoms with Crippen LogP contribution in [-0.2, 0) is 17.6 Å². The van der Waals surface area contributed by atoms with Crippen molar-refractivity contribution < 1.29 is 9.53 Å². The van der Waals surface area contributed by atoms with Crippen LogP contribution in [0.3, 0.4) is 0 Å². The summed E-state index contributed by atoms with van der Waals surface area (Å²) in [7, 11) is 0. The van der Waals surface area contributed by atoms with Crippen LogP contribution >= 0.6 is 0 Å². The van der Waals surface area contributed by atoms with Gasteiger partial charge in [-0.3, -0.25) is 0 Å². The summed E-state index contributed by atoms with van der Waals surface area (Å²) in [5.74, 6) is 0. The smallest absolute Gasteiger partial charge is 0.317 e. The van der Waals surface area contributed by atoms with E-state index in [0.717, 1.165) is 39.0 Å². The number of benzene rings is 1. The van der Waals surface area contributed by atoms with Gasteiger partial charge < -0.3 is 15.0 Å². The summed E-state index contributed by atoms with van der Waals surface area (Å²) in [5.41, 5.74) is 2.75. The van der Waals surface area contributed by atoms with Gasteiger partial charge in [0.1, 0.15) is 0 Å². The van der Waals surface area contributed by atoms with Gasteiger partial charge in [-0.25, -0.2) is 4.79 Å². The Hall–Kier alpha value is -1.55. The predicted molar refractivity (Wildman–Crippen MR) is 73.2 cm³/mol. The third-order valence-corrected chi connectivity index (χ3v) is 3.97. The zero-order valence-corrected chi connectivity index (χ0v) is 11.1. The van der Waals surface area contributed by atoms with Crippen molar-refractivity contribution in [2.45, 2.75) is 25.3 Å². The summed E-state index contributed by atoms with van der Waals surface area (Å²) < 4.78 is 5.29. The Morgan fingerprint density at radius 1 is 1.21 bits per heavy atom. The molecule has 3 rings (SSSR count). The fourth-order valence-corrected chi connectivity index (χ4v) is 2.79. The number of nitrogens with zero attached hydrogens (tertiary/aromatic N) is 1. The summed E-state index contributed by atoms with van der Waals surface area (Å²) in [4.78, 5) is 14.1. The second kappa shape index (κ2) is 5.61. The first kappa shape index (κ1) is 12.5. The van der Waals surface area contributed by atoms with Crippen LogP contribution in [-0.4, -0.2) is 43.3 Å². The van der Waals surface area contributed by atoms with Crippen LogP contribution in [0.1, 0.15) is 17.5 Å². The molecule has 1 aromatic carbocycles. The molecule has 1 saturated heterocycles. The Morgan fingerprint density at radius 2 is 1.89 bits per heavy atom. The maximum atomic E-state index is 12.2. The third kappa shape index (κ3) is 2.89. The number of amides is 2. The maximum absolute atomic E-state index is 12.2. The number of nitrogens with one attached hydrogen (secondary N) is 1. The van der Waals surface area contributed by atoms with Gasteiger partial charge in [0.2, 0.25) is 0 Å². The summed E-state index contributed by atoms with van der Waals surface area (Å²) >= 11 is 0. The Balaban J connectivity index is 1.60. The summed E-state index contributed by atoms with van der Waals surface area (Å²) in [6, 6.07) is 8.74. The highest BCUT2D eigenvalue weighted by Crippen LogP contribution is 2.15. The standard InChI is InChI=1S/C15H20N2O2/c18-15(16-14-7-10-19-11-14)17-8-5-12-3-1-2-4-13(12)6-9-17/h1-4,14H,5-11H2,(H,16,18). The molecule has 1 aromatic rings. The number of carbonyl (C=O) groups is 1. The molecule has 0 radical (unpaired) electrons. The first-order valence-corrected chi connectivity index (χ1v) is 7.03. The van der Waals surface area contributed by atoms with Gasteiger partial charge in [-0.1, -0.05) is 24.3 Å². The van der Waals surface area contributed by atoms with Crippen LogP contribution in [0.4, 0.5) is 4.79 Å². The minimum atomic E-state index is 0.0586. The number of hydrogen-bond acceptors (Lipinski definition) is 2. The second-order valence-electron chi connectivity index (χ2n) is 5.27. The van der Waals surface area contributed by atoms with Crippen molar-refractivity contribution in [3.05, 3.63) is 35.4 Å². The van der Waals surface area contributed by atoms with Crippen LogP contribution in [0.25, 0.3) is 0 Å². The van der Waals surface area contributed by atoms with Gasteiger partial charge in [-0.2, -0.15) is 0 Å². The van der Waals surface area contributed by atoms with Gasteiger partial charge in [-0.05, 0) is 30.4 Å². The topological polar surface area (TPSA) is 41.6 Å². The van der Waals surface area contributed by atoms with Gasteiger partial charge in [0.05, 0.1) is 12.6 Å². The van der Waals surface area contributed by atoms with E-state index < -0.39 is 0 Å². The molecule has 4 nitrogen and oxygen atoms in total. The molecule has 2 heterocycles. The van der Waals surface area contributed by atoms with E-state index in [-0.39, 0.29) is 12.1 Å². The Bertz CT molecular complexity index is 428. The molecule has 2 aliphatic heterocycles. The van der Waals surface area contributed by atoms with Crippen LogP contribution in [0.2, 0.25) is 0 Å². The average molecular weight is 260 g/mol. The zero-order chi connectivity index (χ0) is 13.1. The third-order valence-electron chi connectivity index (χ3n) is 3.97. The minimum absolute atomic E-state index is 0.0586. The van der Waals surface area contributed by atoms with Crippen molar-refractivity contribution in [3.63, 3.8) is 0 Å². The lowest BCUT2D eigenvalue weighted by Crippen LogP contribution is -2.46. The van der Waals surface area contributed by atoms with E-state index in [9.17, 15) is 4.79 Å². The largest absolute Gasteiger partial charge is 0.379 e. The van der Waals surface area contributed by atoms with E-state index in [1.54, 1.807) is 0 Å². The molecule has 2 aliphatic rings. The molecule has 0 spiro atoms. The highest BCUT2D eigenvalue weighted by molar-refractivity contribution is 5.74. The van der Waals surface area contributed by atoms with Crippen LogP contribution in [0.5, 0.6) is 0 Å². The molecule has 19 heavy (non-hydrogen) atoms. The Kier molecular flexibility index (Phi) is 3.69. The summed E-state index contributed by atoms with van der Waals surface area (Å²) in [6.45, 7) is 3.02. The lowest BCUT2D eigenvalue weighted by molar-refractivity contribution is 0.179. The Morgan fingerprint density at radius 3 is 2.47 bits per heavy atom. The lowest BCUT2D eigenvalue weighted by atomic mass is 10.0. The monoisotopic (exact) mass is 260 g/mol. The number of fused-ring (bicyclic) bond motifs is 1. The molecule has 1 unspecified atom stereocenters. The highest BCUT2D eigenvalue weighted by atomic mass is 16.5. The van der Waals surface area contributed by atoms with Gasteiger partial charge in [0.15, 0.2) is 0 Å². The van der Waals surface area contributed by atoms with E-state index in [4.69, 9.17) is 4.74 Å². The quantitative estimate of drug-likeness (QED) is 0.833. The molecule has 1 fully saturated rings. The molecule has 102 valence electrons. The van der Waals surface area contributed by atoms with Crippen molar-refractivity contribution in [2.75, 3.05) is 26.3 Å². The van der Waals surface area contributed by atoms with Crippen LogP contribution < -0.4 is 5.32 Å². The van der Waals surface area contributed by atoms with E-state index in [2.05, 4.69) is 29.6 Å². The molecule has 4 heteroatoms.